The Kier molecular flexibility index (Phi) is 4.48. The highest BCUT2D eigenvalue weighted by atomic mass is 35.5. The van der Waals surface area contributed by atoms with Crippen molar-refractivity contribution in [2.75, 3.05) is 0 Å². The van der Waals surface area contributed by atoms with Gasteiger partial charge in [0.15, 0.2) is 5.82 Å². The molecule has 9 heteroatoms. The zero-order chi connectivity index (χ0) is 14.9. The van der Waals surface area contributed by atoms with Crippen molar-refractivity contribution in [3.8, 4) is 0 Å². The normalized spacial score (nSPS) is 13.8. The molecule has 110 valence electrons. The van der Waals surface area contributed by atoms with Gasteiger partial charge in [0.2, 0.25) is 0 Å². The molecule has 0 spiro atoms. The third-order valence-corrected chi connectivity index (χ3v) is 5.82. The van der Waals surface area contributed by atoms with Crippen molar-refractivity contribution in [1.82, 2.24) is 19.9 Å². The fourth-order valence-electron chi connectivity index (χ4n) is 1.65. The van der Waals surface area contributed by atoms with E-state index in [1.807, 2.05) is 13.8 Å². The number of hydrogen-bond acceptors (Lipinski definition) is 5. The van der Waals surface area contributed by atoms with Crippen molar-refractivity contribution in [2.24, 2.45) is 5.92 Å². The van der Waals surface area contributed by atoms with E-state index in [1.165, 1.54) is 6.07 Å². The van der Waals surface area contributed by atoms with E-state index >= 15 is 0 Å². The predicted molar refractivity (Wildman–Crippen MR) is 78.3 cm³/mol. The van der Waals surface area contributed by atoms with Crippen LogP contribution in [0.1, 0.15) is 31.5 Å². The summed E-state index contributed by atoms with van der Waals surface area (Å²) in [4.78, 5) is 4.20. The molecule has 0 amide bonds. The molecule has 0 aliphatic heterocycles. The van der Waals surface area contributed by atoms with Crippen molar-refractivity contribution in [2.45, 2.75) is 31.0 Å². The highest BCUT2D eigenvalue weighted by Crippen LogP contribution is 2.28. The molecule has 1 atom stereocenters. The molecule has 2 N–H and O–H groups in total. The molecule has 2 rings (SSSR count). The molecular weight excluding hydrogens is 320 g/mol. The van der Waals surface area contributed by atoms with Crippen LogP contribution in [-0.2, 0) is 10.0 Å². The summed E-state index contributed by atoms with van der Waals surface area (Å²) in [5.41, 5.74) is 0. The summed E-state index contributed by atoms with van der Waals surface area (Å²) in [6.07, 6.45) is 0. The van der Waals surface area contributed by atoms with Crippen LogP contribution in [0, 0.1) is 12.8 Å². The Morgan fingerprint density at radius 1 is 1.40 bits per heavy atom. The van der Waals surface area contributed by atoms with Crippen LogP contribution in [0.5, 0.6) is 0 Å². The fourth-order valence-corrected chi connectivity index (χ4v) is 4.50. The van der Waals surface area contributed by atoms with Crippen LogP contribution in [0.15, 0.2) is 16.3 Å². The van der Waals surface area contributed by atoms with E-state index in [4.69, 9.17) is 11.6 Å². The average Bonchev–Trinajstić information content (AvgIpc) is 2.95. The molecule has 0 aromatic carbocycles. The van der Waals surface area contributed by atoms with E-state index in [1.54, 1.807) is 13.0 Å². The van der Waals surface area contributed by atoms with Gasteiger partial charge in [0.1, 0.15) is 10.0 Å². The largest absolute Gasteiger partial charge is 0.263 e. The summed E-state index contributed by atoms with van der Waals surface area (Å²) in [7, 11) is -3.63. The zero-order valence-corrected chi connectivity index (χ0v) is 13.6. The second-order valence-electron chi connectivity index (χ2n) is 4.68. The number of sulfonamides is 1. The van der Waals surface area contributed by atoms with Crippen molar-refractivity contribution in [1.29, 1.82) is 0 Å². The summed E-state index contributed by atoms with van der Waals surface area (Å²) in [6, 6.07) is 2.55. The van der Waals surface area contributed by atoms with Gasteiger partial charge in [-0.2, -0.15) is 9.82 Å². The lowest BCUT2D eigenvalue weighted by atomic mass is 10.1. The first-order chi connectivity index (χ1) is 9.29. The summed E-state index contributed by atoms with van der Waals surface area (Å²) in [5.74, 6) is 1.09. The van der Waals surface area contributed by atoms with Gasteiger partial charge < -0.3 is 0 Å². The quantitative estimate of drug-likeness (QED) is 0.879. The van der Waals surface area contributed by atoms with Gasteiger partial charge in [0.25, 0.3) is 10.0 Å². The lowest BCUT2D eigenvalue weighted by Crippen LogP contribution is -2.32. The van der Waals surface area contributed by atoms with Crippen LogP contribution in [0.4, 0.5) is 0 Å². The molecule has 0 fully saturated rings. The van der Waals surface area contributed by atoms with Crippen molar-refractivity contribution in [3.63, 3.8) is 0 Å². The highest BCUT2D eigenvalue weighted by Gasteiger charge is 2.27. The lowest BCUT2D eigenvalue weighted by molar-refractivity contribution is 0.445. The van der Waals surface area contributed by atoms with Crippen LogP contribution in [0.2, 0.25) is 4.34 Å². The van der Waals surface area contributed by atoms with Gasteiger partial charge in [-0.15, -0.1) is 11.3 Å². The molecule has 2 aromatic heterocycles. The van der Waals surface area contributed by atoms with E-state index in [-0.39, 0.29) is 10.1 Å². The molecule has 0 unspecified atom stereocenters. The van der Waals surface area contributed by atoms with Crippen molar-refractivity contribution < 1.29 is 8.42 Å². The Bertz CT molecular complexity index is 693. The van der Waals surface area contributed by atoms with Gasteiger partial charge in [-0.25, -0.2) is 13.4 Å². The number of H-pyrrole nitrogens is 1. The summed E-state index contributed by atoms with van der Waals surface area (Å²) < 4.78 is 27.9. The Balaban J connectivity index is 2.29. The Labute approximate surface area is 126 Å². The number of aryl methyl sites for hydroxylation is 1. The number of aromatic amines is 1. The minimum absolute atomic E-state index is 0.00964. The van der Waals surface area contributed by atoms with Crippen LogP contribution in [-0.4, -0.2) is 23.6 Å². The fraction of sp³-hybridized carbons (Fsp3) is 0.455. The van der Waals surface area contributed by atoms with Crippen LogP contribution in [0.25, 0.3) is 0 Å². The number of nitrogens with zero attached hydrogens (tertiary/aromatic N) is 2. The highest BCUT2D eigenvalue weighted by molar-refractivity contribution is 7.91. The van der Waals surface area contributed by atoms with E-state index in [0.29, 0.717) is 16.0 Å². The van der Waals surface area contributed by atoms with Gasteiger partial charge in [-0.3, -0.25) is 5.10 Å². The topological polar surface area (TPSA) is 87.7 Å². The SMILES string of the molecule is Cc1nc([C@@H](NS(=O)(=O)c2ccc(Cl)s2)C(C)C)n[nH]1. The van der Waals surface area contributed by atoms with Crippen LogP contribution in [0.3, 0.4) is 0 Å². The van der Waals surface area contributed by atoms with Gasteiger partial charge >= 0.3 is 0 Å². The van der Waals surface area contributed by atoms with E-state index in [0.717, 1.165) is 11.3 Å². The molecule has 0 aliphatic carbocycles. The first-order valence-corrected chi connectivity index (χ1v) is 8.64. The number of rotatable bonds is 5. The van der Waals surface area contributed by atoms with Crippen LogP contribution < -0.4 is 4.72 Å². The molecular formula is C11H15ClN4O2S2. The maximum atomic E-state index is 12.3. The smallest absolute Gasteiger partial charge is 0.250 e. The maximum Gasteiger partial charge on any atom is 0.250 e. The standard InChI is InChI=1S/C11H15ClN4O2S2/c1-6(2)10(11-13-7(3)14-15-11)16-20(17,18)9-5-4-8(12)19-9/h4-6,10,16H,1-3H3,(H,13,14,15)/t10-/m0/s1. The first kappa shape index (κ1) is 15.4. The number of halogens is 1. The number of aromatic nitrogens is 3. The molecule has 0 radical (unpaired) electrons. The monoisotopic (exact) mass is 334 g/mol. The van der Waals surface area contributed by atoms with Crippen molar-refractivity contribution >= 4 is 33.0 Å². The Hall–Kier alpha value is -0.960. The molecule has 20 heavy (non-hydrogen) atoms. The second kappa shape index (κ2) is 5.80. The maximum absolute atomic E-state index is 12.3. The van der Waals surface area contributed by atoms with Gasteiger partial charge in [-0.05, 0) is 25.0 Å². The zero-order valence-electron chi connectivity index (χ0n) is 11.2. The molecule has 2 aromatic rings. The number of hydrogen-bond donors (Lipinski definition) is 2. The van der Waals surface area contributed by atoms with E-state index < -0.39 is 16.1 Å². The van der Waals surface area contributed by atoms with E-state index in [2.05, 4.69) is 19.9 Å². The Morgan fingerprint density at radius 3 is 2.55 bits per heavy atom. The second-order valence-corrected chi connectivity index (χ2v) is 8.34. The summed E-state index contributed by atoms with van der Waals surface area (Å²) >= 11 is 6.80. The van der Waals surface area contributed by atoms with Crippen molar-refractivity contribution in [3.05, 3.63) is 28.1 Å². The predicted octanol–water partition coefficient (Wildman–Crippen LogP) is 2.50. The average molecular weight is 335 g/mol. The molecule has 0 saturated heterocycles. The minimum Gasteiger partial charge on any atom is -0.263 e. The van der Waals surface area contributed by atoms with Gasteiger partial charge in [0.05, 0.1) is 10.4 Å². The summed E-state index contributed by atoms with van der Waals surface area (Å²) in [5, 5.41) is 6.75. The molecule has 2 heterocycles. The van der Waals surface area contributed by atoms with E-state index in [9.17, 15) is 8.42 Å². The molecule has 0 aliphatic rings. The lowest BCUT2D eigenvalue weighted by Gasteiger charge is -2.18. The molecule has 6 nitrogen and oxygen atoms in total. The first-order valence-electron chi connectivity index (χ1n) is 5.96. The molecule has 0 bridgehead atoms. The molecule has 0 saturated carbocycles. The third kappa shape index (κ3) is 3.38. The van der Waals surface area contributed by atoms with Crippen LogP contribution >= 0.6 is 22.9 Å². The Morgan fingerprint density at radius 2 is 2.10 bits per heavy atom. The summed E-state index contributed by atoms with van der Waals surface area (Å²) in [6.45, 7) is 5.57. The third-order valence-electron chi connectivity index (χ3n) is 2.65. The number of thiophene rings is 1. The van der Waals surface area contributed by atoms with Gasteiger partial charge in [0, 0.05) is 0 Å². The number of nitrogens with one attached hydrogen (secondary N) is 2. The van der Waals surface area contributed by atoms with Gasteiger partial charge in [-0.1, -0.05) is 25.4 Å². The minimum atomic E-state index is -3.63.